The number of amides is 1. The maximum atomic E-state index is 12.6. The van der Waals surface area contributed by atoms with E-state index >= 15 is 0 Å². The van der Waals surface area contributed by atoms with Crippen LogP contribution in [-0.4, -0.2) is 51.3 Å². The number of carbonyl (C=O) groups is 2. The summed E-state index contributed by atoms with van der Waals surface area (Å²) in [7, 11) is 1.42. The maximum Gasteiger partial charge on any atom is 0.309 e. The topological polar surface area (TPSA) is 78.3 Å². The highest BCUT2D eigenvalue weighted by Crippen LogP contribution is 2.32. The Hall–Kier alpha value is -2.28. The zero-order valence-corrected chi connectivity index (χ0v) is 14.7. The van der Waals surface area contributed by atoms with Gasteiger partial charge in [-0.2, -0.15) is 0 Å². The Morgan fingerprint density at radius 2 is 1.88 bits per heavy atom. The lowest BCUT2D eigenvalue weighted by molar-refractivity contribution is -0.919. The van der Waals surface area contributed by atoms with E-state index in [4.69, 9.17) is 14.2 Å². The SMILES string of the molecule is COC(=O)C1CC[NH+]([C@@H](C)C(=O)Nc2ccc3c(c2)OCCO3)CC1. The number of methoxy groups -OCH3 is 1. The third-order valence-electron chi connectivity index (χ3n) is 4.98. The third kappa shape index (κ3) is 4.04. The first kappa shape index (κ1) is 17.5. The molecule has 3 rings (SSSR count). The summed E-state index contributed by atoms with van der Waals surface area (Å²) in [6, 6.07) is 5.23. The molecule has 0 saturated carbocycles. The molecule has 1 aromatic carbocycles. The van der Waals surface area contributed by atoms with E-state index in [9.17, 15) is 9.59 Å². The molecule has 0 unspecified atom stereocenters. The number of piperidine rings is 1. The van der Waals surface area contributed by atoms with Crippen molar-refractivity contribution in [3.63, 3.8) is 0 Å². The molecular formula is C18H25N2O5+. The van der Waals surface area contributed by atoms with E-state index in [0.717, 1.165) is 25.9 Å². The van der Waals surface area contributed by atoms with Crippen molar-refractivity contribution in [2.75, 3.05) is 38.7 Å². The molecule has 7 heteroatoms. The molecule has 136 valence electrons. The number of carbonyl (C=O) groups excluding carboxylic acids is 2. The minimum Gasteiger partial charge on any atom is -0.486 e. The fraction of sp³-hybridized carbons (Fsp3) is 0.556. The number of ether oxygens (including phenoxy) is 3. The molecule has 0 radical (unpaired) electrons. The summed E-state index contributed by atoms with van der Waals surface area (Å²) in [5, 5.41) is 2.95. The molecule has 1 fully saturated rings. The van der Waals surface area contributed by atoms with E-state index < -0.39 is 0 Å². The largest absolute Gasteiger partial charge is 0.486 e. The Kier molecular flexibility index (Phi) is 5.43. The highest BCUT2D eigenvalue weighted by Gasteiger charge is 2.33. The number of hydrogen-bond acceptors (Lipinski definition) is 5. The van der Waals surface area contributed by atoms with Crippen LogP contribution in [0.1, 0.15) is 19.8 Å². The van der Waals surface area contributed by atoms with Crippen LogP contribution in [0.4, 0.5) is 5.69 Å². The second kappa shape index (κ2) is 7.74. The first-order chi connectivity index (χ1) is 12.1. The van der Waals surface area contributed by atoms with E-state index in [-0.39, 0.29) is 23.8 Å². The molecule has 25 heavy (non-hydrogen) atoms. The Morgan fingerprint density at radius 3 is 2.56 bits per heavy atom. The molecule has 2 aliphatic rings. The molecule has 0 spiro atoms. The van der Waals surface area contributed by atoms with Gasteiger partial charge in [0, 0.05) is 24.6 Å². The predicted molar refractivity (Wildman–Crippen MR) is 91.0 cm³/mol. The zero-order chi connectivity index (χ0) is 17.8. The van der Waals surface area contributed by atoms with E-state index in [1.165, 1.54) is 12.0 Å². The monoisotopic (exact) mass is 349 g/mol. The van der Waals surface area contributed by atoms with Crippen LogP contribution in [0.3, 0.4) is 0 Å². The molecule has 0 aliphatic carbocycles. The minimum atomic E-state index is -0.188. The highest BCUT2D eigenvalue weighted by molar-refractivity contribution is 5.94. The van der Waals surface area contributed by atoms with Gasteiger partial charge < -0.3 is 24.4 Å². The lowest BCUT2D eigenvalue weighted by Gasteiger charge is -2.31. The average molecular weight is 349 g/mol. The molecule has 2 aliphatic heterocycles. The van der Waals surface area contributed by atoms with Crippen LogP contribution < -0.4 is 19.7 Å². The van der Waals surface area contributed by atoms with Gasteiger partial charge >= 0.3 is 5.97 Å². The van der Waals surface area contributed by atoms with Gasteiger partial charge in [0.15, 0.2) is 17.5 Å². The second-order valence-corrected chi connectivity index (χ2v) is 6.53. The van der Waals surface area contributed by atoms with Crippen LogP contribution in [-0.2, 0) is 14.3 Å². The summed E-state index contributed by atoms with van der Waals surface area (Å²) in [6.45, 7) is 4.55. The smallest absolute Gasteiger partial charge is 0.309 e. The predicted octanol–water partition coefficient (Wildman–Crippen LogP) is 0.253. The molecule has 0 aromatic heterocycles. The first-order valence-electron chi connectivity index (χ1n) is 8.71. The Labute approximate surface area is 147 Å². The van der Waals surface area contributed by atoms with Gasteiger partial charge in [0.2, 0.25) is 0 Å². The van der Waals surface area contributed by atoms with Crippen LogP contribution in [0, 0.1) is 5.92 Å². The van der Waals surface area contributed by atoms with Crippen LogP contribution in [0.2, 0.25) is 0 Å². The van der Waals surface area contributed by atoms with Crippen molar-refractivity contribution in [2.24, 2.45) is 5.92 Å². The number of nitrogens with one attached hydrogen (secondary N) is 2. The quantitative estimate of drug-likeness (QED) is 0.762. The van der Waals surface area contributed by atoms with Crippen molar-refractivity contribution in [1.82, 2.24) is 0 Å². The maximum absolute atomic E-state index is 12.6. The molecule has 7 nitrogen and oxygen atoms in total. The Bertz CT molecular complexity index is 640. The van der Waals surface area contributed by atoms with Gasteiger partial charge in [0.05, 0.1) is 26.1 Å². The van der Waals surface area contributed by atoms with Gasteiger partial charge in [-0.15, -0.1) is 0 Å². The second-order valence-electron chi connectivity index (χ2n) is 6.53. The Balaban J connectivity index is 1.55. The minimum absolute atomic E-state index is 0.0387. The summed E-state index contributed by atoms with van der Waals surface area (Å²) in [6.07, 6.45) is 1.51. The van der Waals surface area contributed by atoms with Crippen LogP contribution in [0.5, 0.6) is 11.5 Å². The van der Waals surface area contributed by atoms with Gasteiger partial charge in [-0.1, -0.05) is 0 Å². The summed E-state index contributed by atoms with van der Waals surface area (Å²) in [5.41, 5.74) is 0.699. The van der Waals surface area contributed by atoms with Crippen molar-refractivity contribution in [2.45, 2.75) is 25.8 Å². The molecule has 1 aromatic rings. The number of hydrogen-bond donors (Lipinski definition) is 2. The molecule has 0 bridgehead atoms. The fourth-order valence-corrected chi connectivity index (χ4v) is 3.38. The van der Waals surface area contributed by atoms with E-state index in [1.807, 2.05) is 19.1 Å². The fourth-order valence-electron chi connectivity index (χ4n) is 3.38. The van der Waals surface area contributed by atoms with Crippen molar-refractivity contribution >= 4 is 17.6 Å². The molecule has 2 N–H and O–H groups in total. The molecule has 2 heterocycles. The van der Waals surface area contributed by atoms with Crippen molar-refractivity contribution in [3.8, 4) is 11.5 Å². The Morgan fingerprint density at radius 1 is 1.20 bits per heavy atom. The summed E-state index contributed by atoms with van der Waals surface area (Å²) in [5.74, 6) is 1.13. The van der Waals surface area contributed by atoms with Crippen LogP contribution in [0.25, 0.3) is 0 Å². The highest BCUT2D eigenvalue weighted by atomic mass is 16.6. The van der Waals surface area contributed by atoms with Crippen molar-refractivity contribution in [1.29, 1.82) is 0 Å². The van der Waals surface area contributed by atoms with E-state index in [2.05, 4.69) is 5.32 Å². The lowest BCUT2D eigenvalue weighted by atomic mass is 9.96. The normalized spacial score (nSPS) is 23.4. The molecular weight excluding hydrogens is 324 g/mol. The first-order valence-corrected chi connectivity index (χ1v) is 8.71. The number of quaternary nitrogens is 1. The van der Waals surface area contributed by atoms with Gasteiger partial charge in [-0.25, -0.2) is 0 Å². The van der Waals surface area contributed by atoms with Crippen LogP contribution in [0.15, 0.2) is 18.2 Å². The zero-order valence-electron chi connectivity index (χ0n) is 14.7. The van der Waals surface area contributed by atoms with Crippen LogP contribution >= 0.6 is 0 Å². The standard InChI is InChI=1S/C18H24N2O5/c1-12(20-7-5-13(6-8-20)18(22)23-2)17(21)19-14-3-4-15-16(11-14)25-10-9-24-15/h3-4,11-13H,5-10H2,1-2H3,(H,19,21)/p+1/t12-/m0/s1. The number of anilines is 1. The summed E-state index contributed by atoms with van der Waals surface area (Å²) in [4.78, 5) is 25.3. The molecule has 1 atom stereocenters. The van der Waals surface area contributed by atoms with Gasteiger partial charge in [-0.05, 0) is 19.1 Å². The van der Waals surface area contributed by atoms with E-state index in [0.29, 0.717) is 30.4 Å². The third-order valence-corrected chi connectivity index (χ3v) is 4.98. The van der Waals surface area contributed by atoms with E-state index in [1.54, 1.807) is 6.07 Å². The van der Waals surface area contributed by atoms with Crippen molar-refractivity contribution < 1.29 is 28.7 Å². The molecule has 1 saturated heterocycles. The number of esters is 1. The number of benzene rings is 1. The number of fused-ring (bicyclic) bond motifs is 1. The average Bonchev–Trinajstić information content (AvgIpc) is 2.66. The molecule has 1 amide bonds. The van der Waals surface area contributed by atoms with Crippen molar-refractivity contribution in [3.05, 3.63) is 18.2 Å². The summed E-state index contributed by atoms with van der Waals surface area (Å²) < 4.78 is 15.8. The van der Waals surface area contributed by atoms with Gasteiger partial charge in [0.25, 0.3) is 5.91 Å². The van der Waals surface area contributed by atoms with Gasteiger partial charge in [-0.3, -0.25) is 9.59 Å². The number of likely N-dealkylation sites (tertiary alicyclic amines) is 1. The number of rotatable bonds is 4. The summed E-state index contributed by atoms with van der Waals surface area (Å²) >= 11 is 0. The lowest BCUT2D eigenvalue weighted by Crippen LogP contribution is -3.17. The van der Waals surface area contributed by atoms with Gasteiger partial charge in [0.1, 0.15) is 13.2 Å².